The Morgan fingerprint density at radius 3 is 2.79 bits per heavy atom. The van der Waals surface area contributed by atoms with Crippen LogP contribution in [-0.4, -0.2) is 24.4 Å². The van der Waals surface area contributed by atoms with Gasteiger partial charge in [-0.1, -0.05) is 6.07 Å². The maximum absolute atomic E-state index is 11.8. The first kappa shape index (κ1) is 14.3. The number of rotatable bonds is 6. The van der Waals surface area contributed by atoms with Gasteiger partial charge in [-0.3, -0.25) is 9.59 Å². The first-order chi connectivity index (χ1) is 9.15. The standard InChI is InChI=1S/C14H17IN2O2/c15-11-4-1-3-10(9-11)14(19)16-8-2-5-13(18)17-12-6-7-12/h1,3-4,9,12H,2,5-8H2,(H,16,19)(H,17,18). The number of benzene rings is 1. The van der Waals surface area contributed by atoms with Crippen LogP contribution in [0.15, 0.2) is 24.3 Å². The molecule has 1 aromatic carbocycles. The Hall–Kier alpha value is -1.11. The van der Waals surface area contributed by atoms with E-state index in [-0.39, 0.29) is 11.8 Å². The quantitative estimate of drug-likeness (QED) is 0.594. The lowest BCUT2D eigenvalue weighted by atomic mass is 10.2. The minimum absolute atomic E-state index is 0.0823. The van der Waals surface area contributed by atoms with Crippen LogP contribution in [0.4, 0.5) is 0 Å². The second-order valence-corrected chi connectivity index (χ2v) is 5.96. The van der Waals surface area contributed by atoms with Gasteiger partial charge in [0.15, 0.2) is 0 Å². The van der Waals surface area contributed by atoms with Gasteiger partial charge in [0.1, 0.15) is 0 Å². The summed E-state index contributed by atoms with van der Waals surface area (Å²) in [5.74, 6) is 0.00660. The molecule has 2 N–H and O–H groups in total. The van der Waals surface area contributed by atoms with Crippen LogP contribution in [0.3, 0.4) is 0 Å². The molecule has 5 heteroatoms. The van der Waals surface area contributed by atoms with Crippen molar-refractivity contribution >= 4 is 34.4 Å². The Labute approximate surface area is 126 Å². The van der Waals surface area contributed by atoms with Crippen molar-refractivity contribution in [2.75, 3.05) is 6.54 Å². The van der Waals surface area contributed by atoms with E-state index in [0.717, 1.165) is 16.4 Å². The van der Waals surface area contributed by atoms with Gasteiger partial charge in [-0.15, -0.1) is 0 Å². The van der Waals surface area contributed by atoms with Gasteiger partial charge < -0.3 is 10.6 Å². The molecule has 2 amide bonds. The van der Waals surface area contributed by atoms with Crippen LogP contribution in [0.2, 0.25) is 0 Å². The fourth-order valence-electron chi connectivity index (χ4n) is 1.71. The predicted molar refractivity (Wildman–Crippen MR) is 81.9 cm³/mol. The van der Waals surface area contributed by atoms with Gasteiger partial charge in [-0.05, 0) is 60.1 Å². The maximum atomic E-state index is 11.8. The minimum Gasteiger partial charge on any atom is -0.353 e. The molecule has 1 aliphatic carbocycles. The van der Waals surface area contributed by atoms with E-state index in [2.05, 4.69) is 33.2 Å². The summed E-state index contributed by atoms with van der Waals surface area (Å²) < 4.78 is 1.04. The van der Waals surface area contributed by atoms with Gasteiger partial charge in [-0.2, -0.15) is 0 Å². The summed E-state index contributed by atoms with van der Waals surface area (Å²) in [7, 11) is 0. The van der Waals surface area contributed by atoms with Crippen LogP contribution >= 0.6 is 22.6 Å². The van der Waals surface area contributed by atoms with Crippen molar-refractivity contribution < 1.29 is 9.59 Å². The lowest BCUT2D eigenvalue weighted by Gasteiger charge is -2.06. The Kier molecular flexibility index (Phi) is 5.18. The first-order valence-corrected chi connectivity index (χ1v) is 7.56. The van der Waals surface area contributed by atoms with E-state index in [0.29, 0.717) is 31.0 Å². The topological polar surface area (TPSA) is 58.2 Å². The zero-order valence-electron chi connectivity index (χ0n) is 10.6. The molecule has 0 aliphatic heterocycles. The highest BCUT2D eigenvalue weighted by Crippen LogP contribution is 2.18. The molecule has 0 aromatic heterocycles. The summed E-state index contributed by atoms with van der Waals surface area (Å²) in [6.45, 7) is 0.530. The van der Waals surface area contributed by atoms with Crippen LogP contribution in [0, 0.1) is 3.57 Å². The fraction of sp³-hybridized carbons (Fsp3) is 0.429. The minimum atomic E-state index is -0.0823. The second-order valence-electron chi connectivity index (χ2n) is 4.71. The van der Waals surface area contributed by atoms with Crippen molar-refractivity contribution in [3.05, 3.63) is 33.4 Å². The third-order valence-corrected chi connectivity index (χ3v) is 3.57. The molecule has 0 saturated heterocycles. The van der Waals surface area contributed by atoms with Crippen LogP contribution < -0.4 is 10.6 Å². The Morgan fingerprint density at radius 1 is 1.32 bits per heavy atom. The van der Waals surface area contributed by atoms with Gasteiger partial charge in [-0.25, -0.2) is 0 Å². The summed E-state index contributed by atoms with van der Waals surface area (Å²) in [5.41, 5.74) is 0.661. The van der Waals surface area contributed by atoms with Crippen LogP contribution in [0.1, 0.15) is 36.0 Å². The number of carbonyl (C=O) groups excluding carboxylic acids is 2. The molecule has 0 bridgehead atoms. The van der Waals surface area contributed by atoms with Crippen molar-refractivity contribution in [3.8, 4) is 0 Å². The molecule has 4 nitrogen and oxygen atoms in total. The molecule has 0 atom stereocenters. The van der Waals surface area contributed by atoms with Crippen molar-refractivity contribution in [3.63, 3.8) is 0 Å². The number of nitrogens with one attached hydrogen (secondary N) is 2. The molecule has 1 fully saturated rings. The van der Waals surface area contributed by atoms with Crippen molar-refractivity contribution in [1.82, 2.24) is 10.6 Å². The SMILES string of the molecule is O=C(CCCNC(=O)c1cccc(I)c1)NC1CC1. The second kappa shape index (κ2) is 6.88. The van der Waals surface area contributed by atoms with Gasteiger partial charge in [0.2, 0.25) is 5.91 Å². The Balaban J connectivity index is 1.64. The lowest BCUT2D eigenvalue weighted by Crippen LogP contribution is -2.28. The first-order valence-electron chi connectivity index (χ1n) is 6.48. The molecular formula is C14H17IN2O2. The highest BCUT2D eigenvalue weighted by molar-refractivity contribution is 14.1. The smallest absolute Gasteiger partial charge is 0.251 e. The molecule has 0 spiro atoms. The van der Waals surface area contributed by atoms with Crippen molar-refractivity contribution in [1.29, 1.82) is 0 Å². The summed E-state index contributed by atoms with van der Waals surface area (Å²) >= 11 is 2.18. The van der Waals surface area contributed by atoms with Gasteiger partial charge in [0.05, 0.1) is 0 Å². The van der Waals surface area contributed by atoms with Gasteiger partial charge in [0, 0.05) is 28.1 Å². The zero-order chi connectivity index (χ0) is 13.7. The van der Waals surface area contributed by atoms with E-state index in [9.17, 15) is 9.59 Å². The van der Waals surface area contributed by atoms with E-state index in [1.54, 1.807) is 6.07 Å². The number of amides is 2. The maximum Gasteiger partial charge on any atom is 0.251 e. The summed E-state index contributed by atoms with van der Waals surface area (Å²) in [5, 5.41) is 5.76. The van der Waals surface area contributed by atoms with E-state index in [4.69, 9.17) is 0 Å². The molecular weight excluding hydrogens is 355 g/mol. The van der Waals surface area contributed by atoms with Crippen LogP contribution in [0.25, 0.3) is 0 Å². The molecule has 1 saturated carbocycles. The summed E-state index contributed by atoms with van der Waals surface area (Å²) in [6, 6.07) is 7.85. The largest absolute Gasteiger partial charge is 0.353 e. The number of hydrogen-bond donors (Lipinski definition) is 2. The average Bonchev–Trinajstić information content (AvgIpc) is 3.18. The highest BCUT2D eigenvalue weighted by atomic mass is 127. The van der Waals surface area contributed by atoms with E-state index >= 15 is 0 Å². The molecule has 1 aromatic rings. The average molecular weight is 372 g/mol. The summed E-state index contributed by atoms with van der Waals surface area (Å²) in [6.07, 6.45) is 3.36. The van der Waals surface area contributed by atoms with Crippen LogP contribution in [-0.2, 0) is 4.79 Å². The molecule has 2 rings (SSSR count). The molecule has 1 aliphatic rings. The third-order valence-electron chi connectivity index (χ3n) is 2.90. The van der Waals surface area contributed by atoms with Crippen molar-refractivity contribution in [2.45, 2.75) is 31.7 Å². The number of hydrogen-bond acceptors (Lipinski definition) is 2. The summed E-state index contributed by atoms with van der Waals surface area (Å²) in [4.78, 5) is 23.2. The van der Waals surface area contributed by atoms with Gasteiger partial charge >= 0.3 is 0 Å². The predicted octanol–water partition coefficient (Wildman–Crippen LogP) is 2.08. The highest BCUT2D eigenvalue weighted by Gasteiger charge is 2.22. The lowest BCUT2D eigenvalue weighted by molar-refractivity contribution is -0.121. The van der Waals surface area contributed by atoms with E-state index < -0.39 is 0 Å². The molecule has 0 heterocycles. The third kappa shape index (κ3) is 5.18. The van der Waals surface area contributed by atoms with E-state index in [1.807, 2.05) is 18.2 Å². The molecule has 0 radical (unpaired) electrons. The van der Waals surface area contributed by atoms with Gasteiger partial charge in [0.25, 0.3) is 5.91 Å². The number of carbonyl (C=O) groups is 2. The van der Waals surface area contributed by atoms with Crippen molar-refractivity contribution in [2.24, 2.45) is 0 Å². The van der Waals surface area contributed by atoms with E-state index in [1.165, 1.54) is 0 Å². The Bertz CT molecular complexity index is 472. The molecule has 19 heavy (non-hydrogen) atoms. The normalized spacial score (nSPS) is 13.9. The molecule has 0 unspecified atom stereocenters. The number of halogens is 1. The van der Waals surface area contributed by atoms with Crippen LogP contribution in [0.5, 0.6) is 0 Å². The fourth-order valence-corrected chi connectivity index (χ4v) is 2.25. The monoisotopic (exact) mass is 372 g/mol. The zero-order valence-corrected chi connectivity index (χ0v) is 12.8. The molecule has 102 valence electrons. The Morgan fingerprint density at radius 2 is 2.11 bits per heavy atom.